The Kier molecular flexibility index (Phi) is 7.15. The summed E-state index contributed by atoms with van der Waals surface area (Å²) in [6.07, 6.45) is 0. The number of aliphatic hydroxyl groups is 1. The molecule has 0 saturated carbocycles. The molecule has 0 amide bonds. The smallest absolute Gasteiger partial charge is 0.224 e. The van der Waals surface area contributed by atoms with Crippen LogP contribution in [0.3, 0.4) is 0 Å². The van der Waals surface area contributed by atoms with E-state index in [2.05, 4.69) is 31.2 Å². The van der Waals surface area contributed by atoms with Gasteiger partial charge in [-0.15, -0.1) is 0 Å². The number of halogens is 1. The van der Waals surface area contributed by atoms with E-state index in [1.165, 1.54) is 0 Å². The van der Waals surface area contributed by atoms with E-state index in [1.54, 1.807) is 0 Å². The molecule has 2 aliphatic heterocycles. The summed E-state index contributed by atoms with van der Waals surface area (Å²) in [7, 11) is 0. The van der Waals surface area contributed by atoms with E-state index in [4.69, 9.17) is 22.1 Å². The molecule has 1 atom stereocenters. The molecule has 2 aliphatic rings. The van der Waals surface area contributed by atoms with E-state index in [0.29, 0.717) is 40.4 Å². The average Bonchev–Trinajstić information content (AvgIpc) is 2.89. The van der Waals surface area contributed by atoms with Crippen molar-refractivity contribution < 1.29 is 9.84 Å². The largest absolute Gasteiger partial charge is 0.439 e. The molecule has 0 aliphatic carbocycles. The first-order valence-electron chi connectivity index (χ1n) is 12.1. The number of anilines is 2. The van der Waals surface area contributed by atoms with Crippen LogP contribution in [-0.2, 0) is 0 Å². The van der Waals surface area contributed by atoms with Crippen molar-refractivity contribution in [2.24, 2.45) is 5.73 Å². The molecule has 190 valence electrons. The van der Waals surface area contributed by atoms with Crippen molar-refractivity contribution in [3.63, 3.8) is 0 Å². The van der Waals surface area contributed by atoms with Crippen molar-refractivity contribution in [1.82, 2.24) is 14.9 Å². The number of rotatable bonds is 6. The van der Waals surface area contributed by atoms with E-state index >= 15 is 0 Å². The molecular weight excluding hydrogens is 490 g/mol. The molecule has 37 heavy (non-hydrogen) atoms. The second-order valence-corrected chi connectivity index (χ2v) is 9.50. The summed E-state index contributed by atoms with van der Waals surface area (Å²) in [6, 6.07) is 17.2. The third-order valence-electron chi connectivity index (χ3n) is 6.64. The van der Waals surface area contributed by atoms with Gasteiger partial charge in [-0.2, -0.15) is 10.2 Å². The lowest BCUT2D eigenvalue weighted by Crippen LogP contribution is -2.47. The van der Waals surface area contributed by atoms with Gasteiger partial charge in [0.2, 0.25) is 5.88 Å². The number of nitriles is 1. The van der Waals surface area contributed by atoms with Gasteiger partial charge in [0.1, 0.15) is 23.2 Å². The highest BCUT2D eigenvalue weighted by Crippen LogP contribution is 2.42. The zero-order chi connectivity index (χ0) is 25.9. The van der Waals surface area contributed by atoms with Crippen LogP contribution < -0.4 is 20.7 Å². The van der Waals surface area contributed by atoms with Crippen LogP contribution in [0, 0.1) is 18.3 Å². The number of allylic oxidation sites excluding steroid dienone is 1. The van der Waals surface area contributed by atoms with Crippen LogP contribution in [0.25, 0.3) is 0 Å². The van der Waals surface area contributed by atoms with Crippen LogP contribution in [0.5, 0.6) is 11.6 Å². The van der Waals surface area contributed by atoms with E-state index in [1.807, 2.05) is 55.5 Å². The first-order valence-corrected chi connectivity index (χ1v) is 12.5. The standard InChI is InChI=1S/C27H28ClN7O2/c1-17-31-24(35-10-8-34(9-11-35)12-13-36)15-25(32-17)37-20-6-7-21-23(14-20)33-27(30)22(16-29)26(21)18-2-4-19(28)5-3-18/h2-7,14-15,26,33,36H,8-13,30H2,1H3. The molecule has 5 rings (SSSR count). The summed E-state index contributed by atoms with van der Waals surface area (Å²) in [5.74, 6) is 2.47. The zero-order valence-electron chi connectivity index (χ0n) is 20.5. The molecule has 1 aromatic heterocycles. The third kappa shape index (κ3) is 5.32. The van der Waals surface area contributed by atoms with Gasteiger partial charge in [0.05, 0.1) is 18.2 Å². The first kappa shape index (κ1) is 24.8. The van der Waals surface area contributed by atoms with Crippen molar-refractivity contribution in [2.45, 2.75) is 12.8 Å². The van der Waals surface area contributed by atoms with Gasteiger partial charge in [-0.25, -0.2) is 4.98 Å². The Bertz CT molecular complexity index is 1360. The van der Waals surface area contributed by atoms with Crippen LogP contribution in [0.15, 0.2) is 59.9 Å². The minimum Gasteiger partial charge on any atom is -0.439 e. The number of hydrogen-bond acceptors (Lipinski definition) is 9. The minimum absolute atomic E-state index is 0.167. The fourth-order valence-corrected chi connectivity index (χ4v) is 4.94. The van der Waals surface area contributed by atoms with Gasteiger partial charge in [-0.3, -0.25) is 4.90 Å². The van der Waals surface area contributed by atoms with Crippen molar-refractivity contribution in [2.75, 3.05) is 49.5 Å². The van der Waals surface area contributed by atoms with Crippen LogP contribution in [0.1, 0.15) is 22.9 Å². The highest BCUT2D eigenvalue weighted by atomic mass is 35.5. The zero-order valence-corrected chi connectivity index (χ0v) is 21.2. The van der Waals surface area contributed by atoms with Crippen molar-refractivity contribution >= 4 is 23.1 Å². The van der Waals surface area contributed by atoms with Gasteiger partial charge in [-0.1, -0.05) is 29.8 Å². The number of nitrogens with zero attached hydrogens (tertiary/aromatic N) is 5. The van der Waals surface area contributed by atoms with Crippen molar-refractivity contribution in [3.05, 3.63) is 81.9 Å². The van der Waals surface area contributed by atoms with Crippen LogP contribution in [0.4, 0.5) is 11.5 Å². The van der Waals surface area contributed by atoms with Gasteiger partial charge < -0.3 is 25.8 Å². The predicted molar refractivity (Wildman–Crippen MR) is 143 cm³/mol. The number of β-amino-alcohol motifs (C(OH)–C–C–N with tert-alkyl or cyclic N) is 1. The highest BCUT2D eigenvalue weighted by molar-refractivity contribution is 6.30. The highest BCUT2D eigenvalue weighted by Gasteiger charge is 2.29. The number of benzene rings is 2. The SMILES string of the molecule is Cc1nc(Oc2ccc3c(c2)NC(N)=C(C#N)C3c2ccc(Cl)cc2)cc(N2CCN(CCO)CC2)n1. The fourth-order valence-electron chi connectivity index (χ4n) is 4.81. The number of ether oxygens (including phenoxy) is 1. The second-order valence-electron chi connectivity index (χ2n) is 9.06. The van der Waals surface area contributed by atoms with E-state index < -0.39 is 0 Å². The monoisotopic (exact) mass is 517 g/mol. The number of nitrogens with two attached hydrogens (primary N) is 1. The van der Waals surface area contributed by atoms with Crippen molar-refractivity contribution in [1.29, 1.82) is 5.26 Å². The summed E-state index contributed by atoms with van der Waals surface area (Å²) in [4.78, 5) is 13.5. The summed E-state index contributed by atoms with van der Waals surface area (Å²) in [6.45, 7) is 6.06. The number of nitrogens with one attached hydrogen (secondary N) is 1. The quantitative estimate of drug-likeness (QED) is 0.450. The molecule has 10 heteroatoms. The molecule has 0 spiro atoms. The molecule has 3 heterocycles. The molecule has 2 aromatic carbocycles. The van der Waals surface area contributed by atoms with Crippen molar-refractivity contribution in [3.8, 4) is 17.7 Å². The molecule has 1 unspecified atom stereocenters. The summed E-state index contributed by atoms with van der Waals surface area (Å²) >= 11 is 6.08. The lowest BCUT2D eigenvalue weighted by molar-refractivity contribution is 0.188. The number of hydrogen-bond donors (Lipinski definition) is 3. The van der Waals surface area contributed by atoms with E-state index in [-0.39, 0.29) is 12.5 Å². The number of aryl methyl sites for hydroxylation is 1. The second kappa shape index (κ2) is 10.6. The number of piperazine rings is 1. The maximum Gasteiger partial charge on any atom is 0.224 e. The van der Waals surface area contributed by atoms with Crippen LogP contribution >= 0.6 is 11.6 Å². The Hall–Kier alpha value is -3.84. The first-order chi connectivity index (χ1) is 17.9. The van der Waals surface area contributed by atoms with Gasteiger partial charge in [0.25, 0.3) is 0 Å². The Morgan fingerprint density at radius 2 is 1.89 bits per heavy atom. The van der Waals surface area contributed by atoms with E-state index in [9.17, 15) is 10.4 Å². The van der Waals surface area contributed by atoms with E-state index in [0.717, 1.165) is 48.8 Å². The van der Waals surface area contributed by atoms with Crippen LogP contribution in [0.2, 0.25) is 5.02 Å². The Labute approximate surface area is 220 Å². The predicted octanol–water partition coefficient (Wildman–Crippen LogP) is 3.60. The Morgan fingerprint density at radius 3 is 2.59 bits per heavy atom. The molecular formula is C27H28ClN7O2. The summed E-state index contributed by atoms with van der Waals surface area (Å²) in [5, 5.41) is 22.8. The number of fused-ring (bicyclic) bond motifs is 1. The van der Waals surface area contributed by atoms with Crippen LogP contribution in [-0.4, -0.2) is 59.3 Å². The maximum atomic E-state index is 9.81. The van der Waals surface area contributed by atoms with Gasteiger partial charge in [0, 0.05) is 61.5 Å². The topological polar surface area (TPSA) is 124 Å². The number of aromatic nitrogens is 2. The lowest BCUT2D eigenvalue weighted by Gasteiger charge is -2.35. The molecule has 0 bridgehead atoms. The third-order valence-corrected chi connectivity index (χ3v) is 6.90. The van der Waals surface area contributed by atoms with Gasteiger partial charge in [-0.05, 0) is 36.2 Å². The normalized spacial score (nSPS) is 17.7. The summed E-state index contributed by atoms with van der Waals surface area (Å²) < 4.78 is 6.16. The molecule has 1 saturated heterocycles. The molecule has 0 radical (unpaired) electrons. The fraction of sp³-hybridized carbons (Fsp3) is 0.296. The average molecular weight is 518 g/mol. The van der Waals surface area contributed by atoms with Gasteiger partial charge in [0.15, 0.2) is 0 Å². The maximum absolute atomic E-state index is 9.81. The Morgan fingerprint density at radius 1 is 1.14 bits per heavy atom. The molecule has 4 N–H and O–H groups in total. The summed E-state index contributed by atoms with van der Waals surface area (Å²) in [5.41, 5.74) is 9.32. The molecule has 3 aromatic rings. The molecule has 9 nitrogen and oxygen atoms in total. The molecule has 1 fully saturated rings. The van der Waals surface area contributed by atoms with Gasteiger partial charge >= 0.3 is 0 Å². The number of aliphatic hydroxyl groups excluding tert-OH is 1. The lowest BCUT2D eigenvalue weighted by atomic mass is 9.82. The minimum atomic E-state index is -0.315. The Balaban J connectivity index is 1.40.